The number of carbonyl (C=O) groups is 1. The molecule has 0 aliphatic heterocycles. The Hall–Kier alpha value is -0.550. The van der Waals surface area contributed by atoms with Crippen molar-refractivity contribution in [1.82, 2.24) is 0 Å². The standard InChI is InChI=1S/C7H11Cl2NO4/c1-14-6(11)4-2-3-5-7(8,9)10(12)13/h2-5H2,1H3. The number of nitrogens with zero attached hydrogens (tertiary/aromatic N) is 1. The van der Waals surface area contributed by atoms with E-state index < -0.39 is 9.38 Å². The molecular weight excluding hydrogens is 233 g/mol. The van der Waals surface area contributed by atoms with Crippen LogP contribution in [0.25, 0.3) is 0 Å². The van der Waals surface area contributed by atoms with E-state index in [2.05, 4.69) is 4.74 Å². The van der Waals surface area contributed by atoms with Gasteiger partial charge in [0, 0.05) is 12.8 Å². The molecule has 0 saturated carbocycles. The Morgan fingerprint density at radius 3 is 2.50 bits per heavy atom. The molecule has 0 amide bonds. The molecule has 7 heteroatoms. The highest BCUT2D eigenvalue weighted by molar-refractivity contribution is 6.46. The molecule has 0 radical (unpaired) electrons. The van der Waals surface area contributed by atoms with Crippen molar-refractivity contribution >= 4 is 29.2 Å². The quantitative estimate of drug-likeness (QED) is 0.179. The Kier molecular flexibility index (Phi) is 5.79. The number of esters is 1. The normalized spacial score (nSPS) is 11.1. The van der Waals surface area contributed by atoms with Gasteiger partial charge in [-0.05, 0) is 36.0 Å². The molecule has 0 aliphatic carbocycles. The lowest BCUT2D eigenvalue weighted by Gasteiger charge is -2.09. The average Bonchev–Trinajstić information content (AvgIpc) is 2.11. The lowest BCUT2D eigenvalue weighted by atomic mass is 10.2. The Balaban J connectivity index is 3.64. The maximum absolute atomic E-state index is 10.6. The zero-order valence-corrected chi connectivity index (χ0v) is 9.18. The van der Waals surface area contributed by atoms with Crippen molar-refractivity contribution < 1.29 is 14.5 Å². The Labute approximate surface area is 91.5 Å². The summed E-state index contributed by atoms with van der Waals surface area (Å²) in [5.74, 6) is -0.346. The molecule has 0 N–H and O–H groups in total. The molecule has 0 fully saturated rings. The third kappa shape index (κ3) is 5.24. The maximum Gasteiger partial charge on any atom is 0.370 e. The first-order valence-electron chi connectivity index (χ1n) is 3.99. The summed E-state index contributed by atoms with van der Waals surface area (Å²) in [6.07, 6.45) is 1.11. The third-order valence-electron chi connectivity index (χ3n) is 1.60. The SMILES string of the molecule is COC(=O)CCCCC(Cl)(Cl)[N+](=O)[O-]. The monoisotopic (exact) mass is 243 g/mol. The number of halogens is 2. The minimum atomic E-state index is -1.95. The van der Waals surface area contributed by atoms with Crippen LogP contribution >= 0.6 is 23.2 Å². The fraction of sp³-hybridized carbons (Fsp3) is 0.857. The van der Waals surface area contributed by atoms with E-state index in [4.69, 9.17) is 23.2 Å². The second-order valence-corrected chi connectivity index (χ2v) is 4.15. The summed E-state index contributed by atoms with van der Waals surface area (Å²) < 4.78 is 2.44. The van der Waals surface area contributed by atoms with Crippen LogP contribution in [0.3, 0.4) is 0 Å². The maximum atomic E-state index is 10.6. The molecule has 0 aliphatic rings. The van der Waals surface area contributed by atoms with Gasteiger partial charge in [0.1, 0.15) is 0 Å². The predicted octanol–water partition coefficient (Wildman–Crippen LogP) is 2.13. The van der Waals surface area contributed by atoms with Crippen LogP contribution in [0.5, 0.6) is 0 Å². The summed E-state index contributed by atoms with van der Waals surface area (Å²) in [5, 5.41) is 10.3. The van der Waals surface area contributed by atoms with Gasteiger partial charge in [-0.25, -0.2) is 0 Å². The van der Waals surface area contributed by atoms with E-state index in [0.29, 0.717) is 12.8 Å². The summed E-state index contributed by atoms with van der Waals surface area (Å²) in [6, 6.07) is 0. The lowest BCUT2D eigenvalue weighted by molar-refractivity contribution is -0.516. The molecule has 0 unspecified atom stereocenters. The fourth-order valence-corrected chi connectivity index (χ4v) is 1.07. The Morgan fingerprint density at radius 2 is 2.07 bits per heavy atom. The highest BCUT2D eigenvalue weighted by Crippen LogP contribution is 2.28. The molecule has 0 aromatic rings. The van der Waals surface area contributed by atoms with E-state index in [0.717, 1.165) is 0 Å². The molecule has 14 heavy (non-hydrogen) atoms. The van der Waals surface area contributed by atoms with E-state index in [1.165, 1.54) is 7.11 Å². The predicted molar refractivity (Wildman–Crippen MR) is 51.9 cm³/mol. The van der Waals surface area contributed by atoms with Crippen molar-refractivity contribution in [2.75, 3.05) is 7.11 Å². The number of rotatable bonds is 6. The van der Waals surface area contributed by atoms with Gasteiger partial charge in [0.15, 0.2) is 0 Å². The fourth-order valence-electron chi connectivity index (χ4n) is 0.800. The second kappa shape index (κ2) is 6.03. The molecule has 0 rings (SSSR count). The summed E-state index contributed by atoms with van der Waals surface area (Å²) in [4.78, 5) is 20.1. The van der Waals surface area contributed by atoms with Crippen LogP contribution in [0.15, 0.2) is 0 Å². The average molecular weight is 244 g/mol. The number of alkyl halides is 2. The molecule has 0 aromatic carbocycles. The van der Waals surface area contributed by atoms with Gasteiger partial charge in [-0.3, -0.25) is 14.9 Å². The third-order valence-corrected chi connectivity index (χ3v) is 2.26. The van der Waals surface area contributed by atoms with Gasteiger partial charge in [0.05, 0.1) is 12.0 Å². The molecule has 0 aromatic heterocycles. The molecule has 5 nitrogen and oxygen atoms in total. The number of hydrogen-bond acceptors (Lipinski definition) is 4. The Bertz CT molecular complexity index is 220. The van der Waals surface area contributed by atoms with E-state index >= 15 is 0 Å². The van der Waals surface area contributed by atoms with Crippen LogP contribution < -0.4 is 0 Å². The van der Waals surface area contributed by atoms with E-state index in [1.807, 2.05) is 0 Å². The van der Waals surface area contributed by atoms with Gasteiger partial charge in [-0.1, -0.05) is 0 Å². The highest BCUT2D eigenvalue weighted by atomic mass is 35.5. The van der Waals surface area contributed by atoms with Crippen LogP contribution in [-0.2, 0) is 9.53 Å². The van der Waals surface area contributed by atoms with Crippen LogP contribution in [0, 0.1) is 10.1 Å². The van der Waals surface area contributed by atoms with Crippen molar-refractivity contribution in [3.8, 4) is 0 Å². The van der Waals surface area contributed by atoms with Crippen LogP contribution in [0.2, 0.25) is 0 Å². The molecule has 82 valence electrons. The number of methoxy groups -OCH3 is 1. The van der Waals surface area contributed by atoms with Gasteiger partial charge in [-0.2, -0.15) is 0 Å². The van der Waals surface area contributed by atoms with Gasteiger partial charge < -0.3 is 4.74 Å². The smallest absolute Gasteiger partial charge is 0.370 e. The van der Waals surface area contributed by atoms with Crippen LogP contribution in [0.4, 0.5) is 0 Å². The van der Waals surface area contributed by atoms with Crippen molar-refractivity contribution in [1.29, 1.82) is 0 Å². The summed E-state index contributed by atoms with van der Waals surface area (Å²) in [7, 11) is 1.28. The van der Waals surface area contributed by atoms with Crippen molar-refractivity contribution in [2.45, 2.75) is 30.1 Å². The Morgan fingerprint density at radius 1 is 1.50 bits per heavy atom. The molecule has 0 bridgehead atoms. The summed E-state index contributed by atoms with van der Waals surface area (Å²) in [6.45, 7) is 0. The van der Waals surface area contributed by atoms with Crippen LogP contribution in [-0.4, -0.2) is 22.5 Å². The topological polar surface area (TPSA) is 69.4 Å². The van der Waals surface area contributed by atoms with Gasteiger partial charge in [0.25, 0.3) is 0 Å². The number of hydrogen-bond donors (Lipinski definition) is 0. The van der Waals surface area contributed by atoms with E-state index in [9.17, 15) is 14.9 Å². The highest BCUT2D eigenvalue weighted by Gasteiger charge is 2.36. The van der Waals surface area contributed by atoms with Crippen molar-refractivity contribution in [3.63, 3.8) is 0 Å². The van der Waals surface area contributed by atoms with Crippen LogP contribution in [0.1, 0.15) is 25.7 Å². The molecular formula is C7H11Cl2NO4. The first-order valence-corrected chi connectivity index (χ1v) is 4.75. The molecule has 0 spiro atoms. The van der Waals surface area contributed by atoms with Gasteiger partial charge in [-0.15, -0.1) is 0 Å². The minimum absolute atomic E-state index is 0.0140. The van der Waals surface area contributed by atoms with E-state index in [1.54, 1.807) is 0 Å². The van der Waals surface area contributed by atoms with Crippen molar-refractivity contribution in [2.24, 2.45) is 0 Å². The second-order valence-electron chi connectivity index (χ2n) is 2.71. The number of nitro groups is 1. The molecule has 0 atom stereocenters. The lowest BCUT2D eigenvalue weighted by Crippen LogP contribution is -2.24. The number of ether oxygens (including phenoxy) is 1. The summed E-state index contributed by atoms with van der Waals surface area (Å²) >= 11 is 10.7. The largest absolute Gasteiger partial charge is 0.469 e. The zero-order valence-electron chi connectivity index (χ0n) is 7.66. The zero-order chi connectivity index (χ0) is 11.2. The molecule has 0 heterocycles. The van der Waals surface area contributed by atoms with Gasteiger partial charge in [0.2, 0.25) is 0 Å². The molecule has 0 saturated heterocycles. The van der Waals surface area contributed by atoms with E-state index in [-0.39, 0.29) is 18.8 Å². The number of carbonyl (C=O) groups excluding carboxylic acids is 1. The van der Waals surface area contributed by atoms with Crippen molar-refractivity contribution in [3.05, 3.63) is 10.1 Å². The first kappa shape index (κ1) is 13.4. The minimum Gasteiger partial charge on any atom is -0.469 e. The van der Waals surface area contributed by atoms with Gasteiger partial charge >= 0.3 is 10.4 Å². The number of unbranched alkanes of at least 4 members (excludes halogenated alkanes) is 1. The summed E-state index contributed by atoms with van der Waals surface area (Å²) in [5.41, 5.74) is 0. The first-order chi connectivity index (χ1) is 6.40.